The van der Waals surface area contributed by atoms with Crippen LogP contribution in [0.4, 0.5) is 5.69 Å². The second kappa shape index (κ2) is 9.09. The van der Waals surface area contributed by atoms with Gasteiger partial charge in [-0.1, -0.05) is 0 Å². The maximum atomic E-state index is 11.9. The van der Waals surface area contributed by atoms with Crippen LogP contribution in [0.3, 0.4) is 0 Å². The van der Waals surface area contributed by atoms with Gasteiger partial charge in [-0.05, 0) is 6.42 Å². The van der Waals surface area contributed by atoms with Crippen LogP contribution in [0.2, 0.25) is 0 Å². The number of carbonyl (C=O) groups is 1. The fourth-order valence-corrected chi connectivity index (χ4v) is 1.71. The zero-order valence-corrected chi connectivity index (χ0v) is 12.5. The molecule has 0 atom stereocenters. The third-order valence-corrected chi connectivity index (χ3v) is 2.90. The number of hydrogen-bond acceptors (Lipinski definition) is 6. The molecule has 0 aromatic carbocycles. The van der Waals surface area contributed by atoms with Gasteiger partial charge in [0.1, 0.15) is 6.54 Å². The molecule has 0 saturated carbocycles. The van der Waals surface area contributed by atoms with Gasteiger partial charge in [-0.3, -0.25) is 9.59 Å². The Morgan fingerprint density at radius 3 is 2.95 bits per heavy atom. The molecule has 3 N–H and O–H groups in total. The van der Waals surface area contributed by atoms with Crippen molar-refractivity contribution in [3.05, 3.63) is 22.6 Å². The van der Waals surface area contributed by atoms with Crippen molar-refractivity contribution >= 4 is 11.6 Å². The van der Waals surface area contributed by atoms with E-state index in [1.165, 1.54) is 6.07 Å². The number of methoxy groups -OCH3 is 1. The van der Waals surface area contributed by atoms with Crippen LogP contribution in [0, 0.1) is 0 Å². The second-order valence-electron chi connectivity index (χ2n) is 4.62. The van der Waals surface area contributed by atoms with Gasteiger partial charge in [-0.15, -0.1) is 0 Å². The van der Waals surface area contributed by atoms with E-state index in [9.17, 15) is 9.59 Å². The highest BCUT2D eigenvalue weighted by molar-refractivity contribution is 5.75. The fourth-order valence-electron chi connectivity index (χ4n) is 1.71. The largest absolute Gasteiger partial charge is 0.385 e. The standard InChI is InChI=1S/C13H23N5O3/c1-17(6-4-14)11-8-13(20)18(16-9-11)10-12(19)15-5-3-7-21-2/h8-9H,3-7,10,14H2,1-2H3,(H,15,19). The molecule has 8 nitrogen and oxygen atoms in total. The van der Waals surface area contributed by atoms with Gasteiger partial charge in [0, 0.05) is 46.5 Å². The zero-order valence-electron chi connectivity index (χ0n) is 12.5. The van der Waals surface area contributed by atoms with E-state index in [0.717, 1.165) is 11.1 Å². The summed E-state index contributed by atoms with van der Waals surface area (Å²) in [4.78, 5) is 25.4. The first-order chi connectivity index (χ1) is 10.1. The SMILES string of the molecule is COCCCNC(=O)Cn1ncc(N(C)CCN)cc1=O. The third kappa shape index (κ3) is 5.92. The van der Waals surface area contributed by atoms with E-state index in [1.54, 1.807) is 13.3 Å². The summed E-state index contributed by atoms with van der Waals surface area (Å²) in [5.41, 5.74) is 5.83. The Bertz CT molecular complexity index is 503. The number of amides is 1. The van der Waals surface area contributed by atoms with Crippen molar-refractivity contribution < 1.29 is 9.53 Å². The molecule has 0 radical (unpaired) electrons. The molecule has 0 bridgehead atoms. The normalized spacial score (nSPS) is 10.4. The van der Waals surface area contributed by atoms with Crippen molar-refractivity contribution in [2.45, 2.75) is 13.0 Å². The molecule has 118 valence electrons. The number of carbonyl (C=O) groups excluding carboxylic acids is 1. The van der Waals surface area contributed by atoms with Crippen LogP contribution < -0.4 is 21.5 Å². The summed E-state index contributed by atoms with van der Waals surface area (Å²) in [6.45, 7) is 2.13. The lowest BCUT2D eigenvalue weighted by Crippen LogP contribution is -2.35. The molecule has 0 unspecified atom stereocenters. The van der Waals surface area contributed by atoms with E-state index in [-0.39, 0.29) is 18.0 Å². The van der Waals surface area contributed by atoms with Gasteiger partial charge in [-0.2, -0.15) is 5.10 Å². The lowest BCUT2D eigenvalue weighted by molar-refractivity contribution is -0.121. The van der Waals surface area contributed by atoms with Crippen molar-refractivity contribution in [3.63, 3.8) is 0 Å². The molecule has 1 amide bonds. The van der Waals surface area contributed by atoms with Crippen molar-refractivity contribution in [1.29, 1.82) is 0 Å². The van der Waals surface area contributed by atoms with E-state index in [2.05, 4.69) is 10.4 Å². The summed E-state index contributed by atoms with van der Waals surface area (Å²) in [6.07, 6.45) is 2.28. The number of rotatable bonds is 9. The van der Waals surface area contributed by atoms with E-state index in [1.807, 2.05) is 11.9 Å². The molecule has 0 spiro atoms. The fraction of sp³-hybridized carbons (Fsp3) is 0.615. The summed E-state index contributed by atoms with van der Waals surface area (Å²) < 4.78 is 6.01. The molecule has 0 fully saturated rings. The maximum Gasteiger partial charge on any atom is 0.269 e. The molecular formula is C13H23N5O3. The van der Waals surface area contributed by atoms with Gasteiger partial charge < -0.3 is 20.7 Å². The first-order valence-electron chi connectivity index (χ1n) is 6.82. The number of anilines is 1. The minimum Gasteiger partial charge on any atom is -0.385 e. The minimum absolute atomic E-state index is 0.0906. The van der Waals surface area contributed by atoms with Gasteiger partial charge in [0.05, 0.1) is 11.9 Å². The topological polar surface area (TPSA) is 102 Å². The lowest BCUT2D eigenvalue weighted by atomic mass is 10.4. The van der Waals surface area contributed by atoms with Gasteiger partial charge >= 0.3 is 0 Å². The Labute approximate surface area is 123 Å². The molecule has 1 aromatic heterocycles. The molecule has 0 aliphatic carbocycles. The summed E-state index contributed by atoms with van der Waals surface area (Å²) in [7, 11) is 3.44. The Morgan fingerprint density at radius 2 is 2.33 bits per heavy atom. The van der Waals surface area contributed by atoms with Gasteiger partial charge in [-0.25, -0.2) is 4.68 Å². The van der Waals surface area contributed by atoms with E-state index in [0.29, 0.717) is 31.9 Å². The predicted octanol–water partition coefficient (Wildman–Crippen LogP) is -1.21. The molecule has 8 heteroatoms. The molecule has 1 heterocycles. The highest BCUT2D eigenvalue weighted by Crippen LogP contribution is 2.05. The van der Waals surface area contributed by atoms with Crippen LogP contribution in [0.15, 0.2) is 17.1 Å². The van der Waals surface area contributed by atoms with Crippen LogP contribution in [0.5, 0.6) is 0 Å². The minimum atomic E-state index is -0.316. The summed E-state index contributed by atoms with van der Waals surface area (Å²) in [6, 6.07) is 1.45. The van der Waals surface area contributed by atoms with Crippen LogP contribution in [-0.2, 0) is 16.1 Å². The van der Waals surface area contributed by atoms with Gasteiger partial charge in [0.25, 0.3) is 5.56 Å². The highest BCUT2D eigenvalue weighted by Gasteiger charge is 2.07. The van der Waals surface area contributed by atoms with Gasteiger partial charge in [0.15, 0.2) is 0 Å². The second-order valence-corrected chi connectivity index (χ2v) is 4.62. The quantitative estimate of drug-likeness (QED) is 0.555. The van der Waals surface area contributed by atoms with Crippen LogP contribution >= 0.6 is 0 Å². The van der Waals surface area contributed by atoms with Crippen LogP contribution in [-0.4, -0.2) is 56.1 Å². The number of nitrogens with two attached hydrogens (primary N) is 1. The molecular weight excluding hydrogens is 274 g/mol. The number of likely N-dealkylation sites (N-methyl/N-ethyl adjacent to an activating group) is 1. The Balaban J connectivity index is 2.56. The van der Waals surface area contributed by atoms with Crippen LogP contribution in [0.1, 0.15) is 6.42 Å². The van der Waals surface area contributed by atoms with Crippen molar-refractivity contribution in [3.8, 4) is 0 Å². The Kier molecular flexibility index (Phi) is 7.41. The monoisotopic (exact) mass is 297 g/mol. The zero-order chi connectivity index (χ0) is 15.7. The average molecular weight is 297 g/mol. The lowest BCUT2D eigenvalue weighted by Gasteiger charge is -2.17. The Morgan fingerprint density at radius 1 is 1.57 bits per heavy atom. The smallest absolute Gasteiger partial charge is 0.269 e. The summed E-state index contributed by atoms with van der Waals surface area (Å²) >= 11 is 0. The number of hydrogen-bond donors (Lipinski definition) is 2. The summed E-state index contributed by atoms with van der Waals surface area (Å²) in [5.74, 6) is -0.247. The molecule has 1 rings (SSSR count). The van der Waals surface area contributed by atoms with E-state index in [4.69, 9.17) is 10.5 Å². The first-order valence-corrected chi connectivity index (χ1v) is 6.82. The highest BCUT2D eigenvalue weighted by atomic mass is 16.5. The van der Waals surface area contributed by atoms with E-state index >= 15 is 0 Å². The molecule has 1 aromatic rings. The molecule has 21 heavy (non-hydrogen) atoms. The number of aromatic nitrogens is 2. The number of ether oxygens (including phenoxy) is 1. The first kappa shape index (κ1) is 17.1. The van der Waals surface area contributed by atoms with E-state index < -0.39 is 0 Å². The van der Waals surface area contributed by atoms with Crippen molar-refractivity contribution in [2.75, 3.05) is 45.3 Å². The molecule has 0 aliphatic rings. The van der Waals surface area contributed by atoms with Gasteiger partial charge in [0.2, 0.25) is 5.91 Å². The maximum absolute atomic E-state index is 11.9. The average Bonchev–Trinajstić information content (AvgIpc) is 2.46. The predicted molar refractivity (Wildman–Crippen MR) is 80.3 cm³/mol. The molecule has 0 saturated heterocycles. The third-order valence-electron chi connectivity index (χ3n) is 2.90. The van der Waals surface area contributed by atoms with Crippen molar-refractivity contribution in [2.24, 2.45) is 5.73 Å². The molecule has 0 aliphatic heterocycles. The van der Waals surface area contributed by atoms with Crippen LogP contribution in [0.25, 0.3) is 0 Å². The number of nitrogens with zero attached hydrogens (tertiary/aromatic N) is 3. The number of nitrogens with one attached hydrogen (secondary N) is 1. The Hall–Kier alpha value is -1.93. The summed E-state index contributed by atoms with van der Waals surface area (Å²) in [5, 5.41) is 6.71. The van der Waals surface area contributed by atoms with Crippen molar-refractivity contribution in [1.82, 2.24) is 15.1 Å².